The molecule has 0 aromatic carbocycles. The van der Waals surface area contributed by atoms with E-state index in [4.69, 9.17) is 28.4 Å². The topological polar surface area (TPSA) is 312 Å². The molecule has 0 spiro atoms. The van der Waals surface area contributed by atoms with Crippen LogP contribution in [0.4, 0.5) is 0 Å². The Morgan fingerprint density at radius 1 is 0.672 bits per heavy atom. The van der Waals surface area contributed by atoms with E-state index in [1.807, 2.05) is 0 Å². The summed E-state index contributed by atoms with van der Waals surface area (Å²) in [7, 11) is 0. The van der Waals surface area contributed by atoms with Gasteiger partial charge in [-0.3, -0.25) is 9.59 Å². The Kier molecular flexibility index (Phi) is 14.0. The summed E-state index contributed by atoms with van der Waals surface area (Å²) in [6, 6.07) is 0. The molecule has 5 aliphatic carbocycles. The number of fused-ring (bicyclic) bond motifs is 7. The summed E-state index contributed by atoms with van der Waals surface area (Å²) in [6.07, 6.45) is -16.6. The third-order valence-corrected chi connectivity index (χ3v) is 19.4. The van der Waals surface area contributed by atoms with E-state index in [1.165, 1.54) is 0 Å². The van der Waals surface area contributed by atoms with Crippen molar-refractivity contribution >= 4 is 11.9 Å². The van der Waals surface area contributed by atoms with Gasteiger partial charge in [0.1, 0.15) is 67.1 Å². The first-order valence-corrected chi connectivity index (χ1v) is 24.5. The maximum absolute atomic E-state index is 15.0. The van der Waals surface area contributed by atoms with E-state index in [2.05, 4.69) is 47.6 Å². The first-order chi connectivity index (χ1) is 31.3. The van der Waals surface area contributed by atoms with Gasteiger partial charge in [0.15, 0.2) is 12.6 Å². The fourth-order valence-corrected chi connectivity index (χ4v) is 15.3. The van der Waals surface area contributed by atoms with Crippen molar-refractivity contribution in [1.29, 1.82) is 0 Å². The first-order valence-electron chi connectivity index (χ1n) is 24.5. The van der Waals surface area contributed by atoms with Gasteiger partial charge in [-0.15, -0.1) is 0 Å². The van der Waals surface area contributed by atoms with Crippen LogP contribution in [0.2, 0.25) is 0 Å². The van der Waals surface area contributed by atoms with Crippen LogP contribution in [0.25, 0.3) is 0 Å². The smallest absolute Gasteiger partial charge is 0.315 e. The van der Waals surface area contributed by atoms with Crippen molar-refractivity contribution in [3.8, 4) is 0 Å². The van der Waals surface area contributed by atoms with Crippen LogP contribution in [0.3, 0.4) is 0 Å². The van der Waals surface area contributed by atoms with Gasteiger partial charge in [-0.1, -0.05) is 53.2 Å². The molecule has 0 radical (unpaired) electrons. The predicted octanol–water partition coefficient (Wildman–Crippen LogP) is 0.0887. The summed E-state index contributed by atoms with van der Waals surface area (Å²) >= 11 is 0. The summed E-state index contributed by atoms with van der Waals surface area (Å²) in [4.78, 5) is 29.4. The molecular formula is C48H76O19. The molecular weight excluding hydrogens is 881 g/mol. The number of ether oxygens (including phenoxy) is 6. The van der Waals surface area contributed by atoms with Crippen molar-refractivity contribution in [2.75, 3.05) is 13.2 Å². The molecule has 8 aliphatic rings. The van der Waals surface area contributed by atoms with Crippen LogP contribution in [0.1, 0.15) is 106 Å². The zero-order valence-corrected chi connectivity index (χ0v) is 39.7. The third kappa shape index (κ3) is 7.79. The lowest BCUT2D eigenvalue weighted by Gasteiger charge is -2.70. The Bertz CT molecular complexity index is 1860. The second kappa shape index (κ2) is 18.3. The van der Waals surface area contributed by atoms with Crippen molar-refractivity contribution in [3.05, 3.63) is 11.6 Å². The largest absolute Gasteiger partial charge is 0.481 e. The second-order valence-electron chi connectivity index (χ2n) is 22.8. The summed E-state index contributed by atoms with van der Waals surface area (Å²) < 4.78 is 35.3. The van der Waals surface area contributed by atoms with Gasteiger partial charge in [-0.2, -0.15) is 0 Å². The van der Waals surface area contributed by atoms with E-state index in [0.29, 0.717) is 44.9 Å². The van der Waals surface area contributed by atoms with Gasteiger partial charge in [0.2, 0.25) is 6.29 Å². The van der Waals surface area contributed by atoms with Gasteiger partial charge >= 0.3 is 11.9 Å². The lowest BCUT2D eigenvalue weighted by molar-refractivity contribution is -0.328. The molecule has 0 aromatic rings. The van der Waals surface area contributed by atoms with E-state index in [0.717, 1.165) is 5.57 Å². The molecule has 0 bridgehead atoms. The van der Waals surface area contributed by atoms with Gasteiger partial charge in [-0.05, 0) is 111 Å². The number of carboxylic acid groups (broad SMARTS) is 1. The number of hydrogen-bond donors (Lipinski definition) is 11. The van der Waals surface area contributed by atoms with E-state index >= 15 is 4.79 Å². The Hall–Kier alpha value is -1.92. The molecule has 382 valence electrons. The minimum atomic E-state index is -1.89. The molecule has 19 heteroatoms. The van der Waals surface area contributed by atoms with Crippen molar-refractivity contribution in [2.45, 2.75) is 204 Å². The van der Waals surface area contributed by atoms with E-state index in [-0.39, 0.29) is 48.0 Å². The van der Waals surface area contributed by atoms with Crippen molar-refractivity contribution in [3.63, 3.8) is 0 Å². The van der Waals surface area contributed by atoms with Crippen molar-refractivity contribution < 1.29 is 94.2 Å². The predicted molar refractivity (Wildman–Crippen MR) is 231 cm³/mol. The molecule has 7 fully saturated rings. The number of esters is 1. The van der Waals surface area contributed by atoms with E-state index < -0.39 is 145 Å². The fourth-order valence-electron chi connectivity index (χ4n) is 15.3. The Morgan fingerprint density at radius 2 is 1.28 bits per heavy atom. The number of aliphatic carboxylic acids is 1. The van der Waals surface area contributed by atoms with Crippen LogP contribution in [-0.2, 0) is 38.0 Å². The van der Waals surface area contributed by atoms with Crippen molar-refractivity contribution in [1.82, 2.24) is 0 Å². The molecule has 11 N–H and O–H groups in total. The maximum Gasteiger partial charge on any atom is 0.315 e. The quantitative estimate of drug-likeness (QED) is 0.0829. The van der Waals surface area contributed by atoms with Crippen LogP contribution < -0.4 is 0 Å². The highest BCUT2D eigenvalue weighted by Crippen LogP contribution is 2.76. The number of aliphatic hydroxyl groups is 10. The highest BCUT2D eigenvalue weighted by atomic mass is 16.7. The van der Waals surface area contributed by atoms with Crippen LogP contribution in [0.15, 0.2) is 11.6 Å². The normalized spacial score (nSPS) is 54.0. The third-order valence-electron chi connectivity index (χ3n) is 19.4. The number of hydrogen-bond acceptors (Lipinski definition) is 18. The SMILES string of the molecule is CC1CC[C@@]2(C(=O)OC3OC(COC4OC(CO)C(O)C(O)C4O)C(O)C(O)C3O)CC[C@@]3(C(=O)O)C(=CCC4[C@]5(C)CC[C@@H](OC6OC(C)C(O)C(O)C6O)C(C)(C)C5CC[C@@]43C)C2C1C. The minimum Gasteiger partial charge on any atom is -0.481 e. The summed E-state index contributed by atoms with van der Waals surface area (Å²) in [5, 5.41) is 117. The maximum atomic E-state index is 15.0. The van der Waals surface area contributed by atoms with Crippen LogP contribution >= 0.6 is 0 Å². The van der Waals surface area contributed by atoms with Gasteiger partial charge in [-0.25, -0.2) is 0 Å². The first kappa shape index (κ1) is 51.4. The molecule has 0 amide bonds. The van der Waals surface area contributed by atoms with Gasteiger partial charge in [0, 0.05) is 0 Å². The fraction of sp³-hybridized carbons (Fsp3) is 0.917. The molecule has 25 atom stereocenters. The standard InChI is InChI=1S/C48H76O19/c1-20-10-15-47(43(61)67-41-38(58)35(55)32(52)25(65-41)19-62-39-36(56)34(54)31(51)24(18-49)64-39)16-17-48(42(59)60)23(29(47)21(20)2)8-9-27-45(6)13-12-28(44(4,5)26(45)11-14-46(27,48)7)66-40-37(57)33(53)30(50)22(3)63-40/h8,20-22,24-41,49-58H,9-19H2,1-7H3,(H,59,60)/t20?,21?,22?,24?,25?,26?,27?,28-,29?,30?,31?,32?,33?,34?,35?,36?,37?,38?,39?,40?,41?,45-,46+,47-,48+/m1/s1. The highest BCUT2D eigenvalue weighted by molar-refractivity contribution is 5.85. The van der Waals surface area contributed by atoms with Gasteiger partial charge in [0.25, 0.3) is 0 Å². The number of carboxylic acids is 1. The molecule has 19 nitrogen and oxygen atoms in total. The Balaban J connectivity index is 1.05. The minimum absolute atomic E-state index is 0.0658. The molecule has 20 unspecified atom stereocenters. The summed E-state index contributed by atoms with van der Waals surface area (Å²) in [5.74, 6) is -2.23. The highest BCUT2D eigenvalue weighted by Gasteiger charge is 2.74. The Morgan fingerprint density at radius 3 is 1.94 bits per heavy atom. The summed E-state index contributed by atoms with van der Waals surface area (Å²) in [6.45, 7) is 13.2. The lowest BCUT2D eigenvalue weighted by Crippen LogP contribution is -2.68. The van der Waals surface area contributed by atoms with Crippen LogP contribution in [0.5, 0.6) is 0 Å². The molecule has 3 saturated heterocycles. The average molecular weight is 957 g/mol. The molecule has 3 heterocycles. The number of carbonyl (C=O) groups is 2. The average Bonchev–Trinajstić information content (AvgIpc) is 3.28. The second-order valence-corrected chi connectivity index (χ2v) is 22.8. The molecule has 8 rings (SSSR count). The molecule has 3 aliphatic heterocycles. The lowest BCUT2D eigenvalue weighted by atomic mass is 9.33. The monoisotopic (exact) mass is 956 g/mol. The number of allylic oxidation sites excluding steroid dienone is 1. The molecule has 4 saturated carbocycles. The van der Waals surface area contributed by atoms with E-state index in [1.54, 1.807) is 6.92 Å². The number of rotatable bonds is 9. The van der Waals surface area contributed by atoms with Crippen molar-refractivity contribution in [2.24, 2.45) is 56.7 Å². The molecule has 67 heavy (non-hydrogen) atoms. The Labute approximate surface area is 391 Å². The van der Waals surface area contributed by atoms with Gasteiger partial charge in [0.05, 0.1) is 36.3 Å². The zero-order valence-electron chi connectivity index (χ0n) is 39.7. The zero-order chi connectivity index (χ0) is 49.1. The van der Waals surface area contributed by atoms with Crippen LogP contribution in [0, 0.1) is 56.7 Å². The van der Waals surface area contributed by atoms with Crippen LogP contribution in [-0.4, -0.2) is 180 Å². The number of aliphatic hydroxyl groups excluding tert-OH is 10. The number of carbonyl (C=O) groups excluding carboxylic acids is 1. The van der Waals surface area contributed by atoms with Gasteiger partial charge < -0.3 is 84.6 Å². The van der Waals surface area contributed by atoms with E-state index in [9.17, 15) is 61.0 Å². The summed E-state index contributed by atoms with van der Waals surface area (Å²) in [5.41, 5.74) is -3.35. The molecule has 0 aromatic heterocycles.